The number of rotatable bonds is 9. The van der Waals surface area contributed by atoms with Gasteiger partial charge in [0, 0.05) is 29.6 Å². The topological polar surface area (TPSA) is 145 Å². The molecule has 180 valence electrons. The van der Waals surface area contributed by atoms with E-state index in [9.17, 15) is 4.79 Å². The highest BCUT2D eigenvalue weighted by Crippen LogP contribution is 2.36. The van der Waals surface area contributed by atoms with Gasteiger partial charge in [0.05, 0.1) is 19.6 Å². The molecule has 4 aromatic rings. The SMILES string of the molecule is CCOc1cc(F)c(C(Cc2ccc(C(=N)N)cc2)c2nn(-c3ncccn3)c(=O)[nH]2)cc1OC. The Labute approximate surface area is 200 Å². The molecule has 2 heterocycles. The third-order valence-corrected chi connectivity index (χ3v) is 5.37. The Hall–Kier alpha value is -4.54. The lowest BCUT2D eigenvalue weighted by molar-refractivity contribution is 0.308. The van der Waals surface area contributed by atoms with Crippen LogP contribution in [0.4, 0.5) is 4.39 Å². The number of H-pyrrole nitrogens is 1. The van der Waals surface area contributed by atoms with Crippen LogP contribution < -0.4 is 20.9 Å². The van der Waals surface area contributed by atoms with E-state index in [1.807, 2.05) is 0 Å². The number of nitrogens with two attached hydrogens (primary N) is 1. The third-order valence-electron chi connectivity index (χ3n) is 5.37. The Bertz CT molecular complexity index is 1380. The van der Waals surface area contributed by atoms with Crippen molar-refractivity contribution < 1.29 is 13.9 Å². The van der Waals surface area contributed by atoms with Gasteiger partial charge in [0.1, 0.15) is 17.5 Å². The number of hydrogen-bond acceptors (Lipinski definition) is 7. The minimum atomic E-state index is -0.694. The monoisotopic (exact) mass is 477 g/mol. The molecule has 0 fully saturated rings. The number of hydrogen-bond donors (Lipinski definition) is 3. The van der Waals surface area contributed by atoms with Gasteiger partial charge in [-0.15, -0.1) is 9.78 Å². The molecule has 1 unspecified atom stereocenters. The minimum absolute atomic E-state index is 0.0543. The normalized spacial score (nSPS) is 11.7. The van der Waals surface area contributed by atoms with E-state index in [2.05, 4.69) is 20.1 Å². The lowest BCUT2D eigenvalue weighted by atomic mass is 9.90. The first kappa shape index (κ1) is 23.6. The van der Waals surface area contributed by atoms with Crippen molar-refractivity contribution in [3.05, 3.63) is 93.7 Å². The number of nitrogens with one attached hydrogen (secondary N) is 2. The van der Waals surface area contributed by atoms with Gasteiger partial charge < -0.3 is 15.2 Å². The molecular formula is C24H24FN7O3. The number of aromatic amines is 1. The van der Waals surface area contributed by atoms with Crippen LogP contribution in [0.3, 0.4) is 0 Å². The van der Waals surface area contributed by atoms with Gasteiger partial charge in [-0.2, -0.15) is 0 Å². The van der Waals surface area contributed by atoms with Crippen LogP contribution in [0.15, 0.2) is 59.7 Å². The molecule has 2 aromatic carbocycles. The lowest BCUT2D eigenvalue weighted by Gasteiger charge is -2.19. The minimum Gasteiger partial charge on any atom is -0.493 e. The number of halogens is 1. The molecule has 1 atom stereocenters. The number of benzene rings is 2. The van der Waals surface area contributed by atoms with Crippen molar-refractivity contribution in [3.8, 4) is 17.4 Å². The van der Waals surface area contributed by atoms with Crippen LogP contribution in [-0.4, -0.2) is 44.3 Å². The molecule has 2 aromatic heterocycles. The number of nitrogen functional groups attached to an aromatic ring is 1. The van der Waals surface area contributed by atoms with Crippen molar-refractivity contribution in [2.45, 2.75) is 19.3 Å². The smallest absolute Gasteiger partial charge is 0.350 e. The first-order chi connectivity index (χ1) is 16.9. The zero-order valence-corrected chi connectivity index (χ0v) is 19.2. The molecule has 0 aliphatic rings. The van der Waals surface area contributed by atoms with Crippen LogP contribution >= 0.6 is 0 Å². The molecule has 0 saturated heterocycles. The van der Waals surface area contributed by atoms with Gasteiger partial charge in [-0.25, -0.2) is 19.2 Å². The van der Waals surface area contributed by atoms with Crippen molar-refractivity contribution >= 4 is 5.84 Å². The van der Waals surface area contributed by atoms with E-state index in [0.29, 0.717) is 17.9 Å². The third kappa shape index (κ3) is 5.03. The fraction of sp³-hybridized carbons (Fsp3) is 0.208. The Morgan fingerprint density at radius 3 is 2.54 bits per heavy atom. The quantitative estimate of drug-likeness (QED) is 0.248. The number of ether oxygens (including phenoxy) is 2. The maximum atomic E-state index is 15.4. The first-order valence-electron chi connectivity index (χ1n) is 10.8. The summed E-state index contributed by atoms with van der Waals surface area (Å²) in [5, 5.41) is 12.0. The second-order valence-corrected chi connectivity index (χ2v) is 7.60. The van der Waals surface area contributed by atoms with Crippen LogP contribution in [0.1, 0.15) is 35.4 Å². The Balaban J connectivity index is 1.82. The first-order valence-corrected chi connectivity index (χ1v) is 10.8. The van der Waals surface area contributed by atoms with Gasteiger partial charge >= 0.3 is 5.69 Å². The van der Waals surface area contributed by atoms with Crippen molar-refractivity contribution in [3.63, 3.8) is 0 Å². The summed E-state index contributed by atoms with van der Waals surface area (Å²) in [5.41, 5.74) is 6.65. The number of amidine groups is 1. The van der Waals surface area contributed by atoms with Crippen LogP contribution in [0, 0.1) is 11.2 Å². The van der Waals surface area contributed by atoms with Gasteiger partial charge in [0.25, 0.3) is 5.95 Å². The number of methoxy groups -OCH3 is 1. The van der Waals surface area contributed by atoms with E-state index in [1.54, 1.807) is 43.3 Å². The Morgan fingerprint density at radius 1 is 1.20 bits per heavy atom. The molecule has 4 rings (SSSR count). The van der Waals surface area contributed by atoms with Gasteiger partial charge in [-0.05, 0) is 31.0 Å². The predicted molar refractivity (Wildman–Crippen MR) is 127 cm³/mol. The molecule has 0 spiro atoms. The summed E-state index contributed by atoms with van der Waals surface area (Å²) in [6.45, 7) is 2.14. The predicted octanol–water partition coefficient (Wildman–Crippen LogP) is 2.56. The highest BCUT2D eigenvalue weighted by molar-refractivity contribution is 5.94. The molecule has 0 radical (unpaired) electrons. The van der Waals surface area contributed by atoms with E-state index >= 15 is 4.39 Å². The summed E-state index contributed by atoms with van der Waals surface area (Å²) >= 11 is 0. The largest absolute Gasteiger partial charge is 0.493 e. The number of aromatic nitrogens is 5. The van der Waals surface area contributed by atoms with Crippen molar-refractivity contribution in [1.82, 2.24) is 24.7 Å². The zero-order chi connectivity index (χ0) is 24.9. The van der Waals surface area contributed by atoms with E-state index < -0.39 is 17.4 Å². The van der Waals surface area contributed by atoms with Gasteiger partial charge in [0.15, 0.2) is 11.5 Å². The van der Waals surface area contributed by atoms with Crippen molar-refractivity contribution in [1.29, 1.82) is 5.41 Å². The molecule has 0 amide bonds. The molecular weight excluding hydrogens is 453 g/mol. The van der Waals surface area contributed by atoms with Gasteiger partial charge in [-0.1, -0.05) is 24.3 Å². The summed E-state index contributed by atoms with van der Waals surface area (Å²) in [5.74, 6) is -0.337. The molecule has 0 bridgehead atoms. The van der Waals surface area contributed by atoms with Gasteiger partial charge in [0.2, 0.25) is 0 Å². The van der Waals surface area contributed by atoms with E-state index in [1.165, 1.54) is 25.6 Å². The molecule has 4 N–H and O–H groups in total. The fourth-order valence-corrected chi connectivity index (χ4v) is 3.69. The van der Waals surface area contributed by atoms with Crippen molar-refractivity contribution in [2.75, 3.05) is 13.7 Å². The molecule has 0 aliphatic heterocycles. The summed E-state index contributed by atoms with van der Waals surface area (Å²) < 4.78 is 27.3. The summed E-state index contributed by atoms with van der Waals surface area (Å²) in [4.78, 5) is 23.5. The summed E-state index contributed by atoms with van der Waals surface area (Å²) in [7, 11) is 1.47. The number of nitrogens with zero attached hydrogens (tertiary/aromatic N) is 4. The van der Waals surface area contributed by atoms with Crippen LogP contribution in [0.25, 0.3) is 5.95 Å². The van der Waals surface area contributed by atoms with Crippen LogP contribution in [0.2, 0.25) is 0 Å². The molecule has 35 heavy (non-hydrogen) atoms. The Morgan fingerprint density at radius 2 is 1.91 bits per heavy atom. The maximum Gasteiger partial charge on any atom is 0.350 e. The van der Waals surface area contributed by atoms with E-state index in [-0.39, 0.29) is 35.3 Å². The fourth-order valence-electron chi connectivity index (χ4n) is 3.69. The zero-order valence-electron chi connectivity index (χ0n) is 19.2. The molecule has 10 nitrogen and oxygen atoms in total. The second kappa shape index (κ2) is 10.2. The average Bonchev–Trinajstić information content (AvgIpc) is 3.25. The molecule has 0 aliphatic carbocycles. The lowest BCUT2D eigenvalue weighted by Crippen LogP contribution is -2.18. The maximum absolute atomic E-state index is 15.4. The van der Waals surface area contributed by atoms with E-state index in [4.69, 9.17) is 20.6 Å². The summed E-state index contributed by atoms with van der Waals surface area (Å²) in [6.07, 6.45) is 3.27. The van der Waals surface area contributed by atoms with E-state index in [0.717, 1.165) is 10.2 Å². The van der Waals surface area contributed by atoms with Crippen molar-refractivity contribution in [2.24, 2.45) is 5.73 Å². The highest BCUT2D eigenvalue weighted by Gasteiger charge is 2.26. The average molecular weight is 478 g/mol. The molecule has 11 heteroatoms. The second-order valence-electron chi connectivity index (χ2n) is 7.60. The highest BCUT2D eigenvalue weighted by atomic mass is 19.1. The molecule has 0 saturated carbocycles. The summed E-state index contributed by atoms with van der Waals surface area (Å²) in [6, 6.07) is 11.4. The Kier molecular flexibility index (Phi) is 6.86. The van der Waals surface area contributed by atoms with Crippen LogP contribution in [-0.2, 0) is 6.42 Å². The standard InChI is InChI=1S/C24H24FN7O3/c1-3-35-20-13-18(25)16(12-19(20)34-2)17(11-14-5-7-15(8-6-14)21(26)27)22-30-24(33)32(31-22)23-28-9-4-10-29-23/h4-10,12-13,17H,3,11H2,1-2H3,(H3,26,27)(H,30,31,33). The van der Waals surface area contributed by atoms with Gasteiger partial charge in [-0.3, -0.25) is 10.4 Å². The van der Waals surface area contributed by atoms with Crippen LogP contribution in [0.5, 0.6) is 11.5 Å².